The van der Waals surface area contributed by atoms with Gasteiger partial charge in [0, 0.05) is 31.2 Å². The number of nitrogens with one attached hydrogen (secondary N) is 1. The predicted molar refractivity (Wildman–Crippen MR) is 68.3 cm³/mol. The normalized spacial score (nSPS) is 38.1. The fraction of sp³-hybridized carbons (Fsp3) is 1.00. The largest absolute Gasteiger partial charge is 0.313 e. The molecule has 0 aliphatic carbocycles. The first-order valence-electron chi connectivity index (χ1n) is 6.99. The Morgan fingerprint density at radius 1 is 1.12 bits per heavy atom. The predicted octanol–water partition coefficient (Wildman–Crippen LogP) is 1.85. The first-order chi connectivity index (χ1) is 7.72. The molecule has 0 aromatic rings. The lowest BCUT2D eigenvalue weighted by Gasteiger charge is -2.44. The Kier molecular flexibility index (Phi) is 4.22. The summed E-state index contributed by atoms with van der Waals surface area (Å²) in [4.78, 5) is 0. The standard InChI is InChI=1S/C13H27N3/c1-4-14-13-8-9-15(10-13)16-11(2)6-5-7-12(16)3/h11-14H,4-10H2,1-3H3. The van der Waals surface area contributed by atoms with Crippen LogP contribution in [0.4, 0.5) is 0 Å². The number of rotatable bonds is 3. The van der Waals surface area contributed by atoms with E-state index in [2.05, 4.69) is 36.1 Å². The maximum atomic E-state index is 3.57. The van der Waals surface area contributed by atoms with Gasteiger partial charge in [0.15, 0.2) is 0 Å². The van der Waals surface area contributed by atoms with Gasteiger partial charge in [0.1, 0.15) is 0 Å². The van der Waals surface area contributed by atoms with Gasteiger partial charge in [-0.3, -0.25) is 0 Å². The molecule has 2 saturated heterocycles. The van der Waals surface area contributed by atoms with Crippen molar-refractivity contribution in [2.45, 2.75) is 64.6 Å². The van der Waals surface area contributed by atoms with Gasteiger partial charge in [-0.1, -0.05) is 13.3 Å². The van der Waals surface area contributed by atoms with Gasteiger partial charge in [-0.05, 0) is 39.7 Å². The first-order valence-corrected chi connectivity index (χ1v) is 6.99. The number of nitrogens with zero attached hydrogens (tertiary/aromatic N) is 2. The van der Waals surface area contributed by atoms with Crippen LogP contribution in [0.3, 0.4) is 0 Å². The number of likely N-dealkylation sites (N-methyl/N-ethyl adjacent to an activating group) is 1. The van der Waals surface area contributed by atoms with Gasteiger partial charge in [-0.2, -0.15) is 0 Å². The highest BCUT2D eigenvalue weighted by atomic mass is 15.7. The van der Waals surface area contributed by atoms with Crippen LogP contribution in [-0.2, 0) is 0 Å². The lowest BCUT2D eigenvalue weighted by molar-refractivity contribution is -0.0904. The molecule has 0 bridgehead atoms. The highest BCUT2D eigenvalue weighted by molar-refractivity contribution is 4.85. The molecule has 2 rings (SSSR count). The van der Waals surface area contributed by atoms with Crippen LogP contribution in [0.2, 0.25) is 0 Å². The molecule has 3 unspecified atom stereocenters. The molecule has 0 radical (unpaired) electrons. The van der Waals surface area contributed by atoms with E-state index in [-0.39, 0.29) is 0 Å². The Bertz CT molecular complexity index is 209. The van der Waals surface area contributed by atoms with E-state index >= 15 is 0 Å². The Hall–Kier alpha value is -0.120. The summed E-state index contributed by atoms with van der Waals surface area (Å²) in [5.74, 6) is 0. The van der Waals surface area contributed by atoms with Crippen LogP contribution in [0.5, 0.6) is 0 Å². The van der Waals surface area contributed by atoms with E-state index in [1.165, 1.54) is 38.8 Å². The van der Waals surface area contributed by atoms with E-state index in [1.54, 1.807) is 0 Å². The molecule has 16 heavy (non-hydrogen) atoms. The summed E-state index contributed by atoms with van der Waals surface area (Å²) in [5, 5.41) is 8.83. The lowest BCUT2D eigenvalue weighted by Crippen LogP contribution is -2.54. The number of hydrazine groups is 1. The van der Waals surface area contributed by atoms with E-state index in [4.69, 9.17) is 0 Å². The molecule has 1 N–H and O–H groups in total. The molecule has 3 atom stereocenters. The van der Waals surface area contributed by atoms with E-state index in [0.717, 1.165) is 18.6 Å². The van der Waals surface area contributed by atoms with Crippen LogP contribution < -0.4 is 5.32 Å². The van der Waals surface area contributed by atoms with Crippen LogP contribution in [0.1, 0.15) is 46.5 Å². The summed E-state index contributed by atoms with van der Waals surface area (Å²) >= 11 is 0. The minimum Gasteiger partial charge on any atom is -0.313 e. The second-order valence-electron chi connectivity index (χ2n) is 5.46. The van der Waals surface area contributed by atoms with Gasteiger partial charge in [0.05, 0.1) is 0 Å². The lowest BCUT2D eigenvalue weighted by atomic mass is 9.99. The molecule has 0 saturated carbocycles. The summed E-state index contributed by atoms with van der Waals surface area (Å²) in [6.07, 6.45) is 5.45. The van der Waals surface area contributed by atoms with E-state index in [9.17, 15) is 0 Å². The Balaban J connectivity index is 1.91. The van der Waals surface area contributed by atoms with Gasteiger partial charge in [-0.15, -0.1) is 0 Å². The van der Waals surface area contributed by atoms with Crippen molar-refractivity contribution >= 4 is 0 Å². The SMILES string of the molecule is CCNC1CCN(N2C(C)CCCC2C)C1. The molecule has 3 heteroatoms. The van der Waals surface area contributed by atoms with Gasteiger partial charge >= 0.3 is 0 Å². The van der Waals surface area contributed by atoms with Gasteiger partial charge in [0.25, 0.3) is 0 Å². The molecule has 2 aliphatic rings. The molecule has 3 nitrogen and oxygen atoms in total. The molecular formula is C13H27N3. The van der Waals surface area contributed by atoms with E-state index in [1.807, 2.05) is 0 Å². The van der Waals surface area contributed by atoms with Crippen LogP contribution in [-0.4, -0.2) is 47.8 Å². The first kappa shape index (κ1) is 12.3. The summed E-state index contributed by atoms with van der Waals surface area (Å²) in [5.41, 5.74) is 0. The van der Waals surface area contributed by atoms with Crippen molar-refractivity contribution in [1.82, 2.24) is 15.3 Å². The zero-order chi connectivity index (χ0) is 11.5. The van der Waals surface area contributed by atoms with Crippen LogP contribution >= 0.6 is 0 Å². The maximum Gasteiger partial charge on any atom is 0.0288 e. The van der Waals surface area contributed by atoms with Crippen molar-refractivity contribution in [2.24, 2.45) is 0 Å². The van der Waals surface area contributed by atoms with Gasteiger partial charge < -0.3 is 5.32 Å². The Labute approximate surface area is 100 Å². The third-order valence-electron chi connectivity index (χ3n) is 4.13. The molecule has 94 valence electrons. The fourth-order valence-corrected chi connectivity index (χ4v) is 3.37. The van der Waals surface area contributed by atoms with Crippen molar-refractivity contribution in [3.05, 3.63) is 0 Å². The second-order valence-corrected chi connectivity index (χ2v) is 5.46. The molecule has 0 aromatic carbocycles. The van der Waals surface area contributed by atoms with Gasteiger partial charge in [0.2, 0.25) is 0 Å². The van der Waals surface area contributed by atoms with Crippen molar-refractivity contribution in [2.75, 3.05) is 19.6 Å². The van der Waals surface area contributed by atoms with Gasteiger partial charge in [-0.25, -0.2) is 10.0 Å². The second kappa shape index (κ2) is 5.48. The Morgan fingerprint density at radius 3 is 2.44 bits per heavy atom. The number of piperidine rings is 1. The number of hydrogen-bond donors (Lipinski definition) is 1. The molecule has 2 fully saturated rings. The van der Waals surface area contributed by atoms with E-state index in [0.29, 0.717) is 6.04 Å². The zero-order valence-electron chi connectivity index (χ0n) is 11.1. The minimum atomic E-state index is 0.714. The zero-order valence-corrected chi connectivity index (χ0v) is 11.1. The summed E-state index contributed by atoms with van der Waals surface area (Å²) < 4.78 is 0. The minimum absolute atomic E-state index is 0.714. The van der Waals surface area contributed by atoms with Crippen molar-refractivity contribution in [1.29, 1.82) is 0 Å². The highest BCUT2D eigenvalue weighted by Crippen LogP contribution is 2.26. The fourth-order valence-electron chi connectivity index (χ4n) is 3.37. The summed E-state index contributed by atoms with van der Waals surface area (Å²) in [6, 6.07) is 2.19. The quantitative estimate of drug-likeness (QED) is 0.791. The van der Waals surface area contributed by atoms with E-state index < -0.39 is 0 Å². The van der Waals surface area contributed by atoms with Crippen LogP contribution in [0.25, 0.3) is 0 Å². The molecule has 0 aromatic heterocycles. The van der Waals surface area contributed by atoms with Crippen molar-refractivity contribution in [3.8, 4) is 0 Å². The average Bonchev–Trinajstić information content (AvgIpc) is 2.67. The van der Waals surface area contributed by atoms with Crippen LogP contribution in [0, 0.1) is 0 Å². The van der Waals surface area contributed by atoms with Crippen molar-refractivity contribution in [3.63, 3.8) is 0 Å². The topological polar surface area (TPSA) is 18.5 Å². The third-order valence-corrected chi connectivity index (χ3v) is 4.13. The monoisotopic (exact) mass is 225 g/mol. The maximum absolute atomic E-state index is 3.57. The average molecular weight is 225 g/mol. The molecule has 2 aliphatic heterocycles. The smallest absolute Gasteiger partial charge is 0.0288 e. The van der Waals surface area contributed by atoms with Crippen LogP contribution in [0.15, 0.2) is 0 Å². The summed E-state index contributed by atoms with van der Waals surface area (Å²) in [6.45, 7) is 10.5. The summed E-state index contributed by atoms with van der Waals surface area (Å²) in [7, 11) is 0. The molecule has 0 spiro atoms. The highest BCUT2D eigenvalue weighted by Gasteiger charge is 2.33. The Morgan fingerprint density at radius 2 is 1.81 bits per heavy atom. The molecule has 2 heterocycles. The van der Waals surface area contributed by atoms with Crippen molar-refractivity contribution < 1.29 is 0 Å². The number of hydrogen-bond acceptors (Lipinski definition) is 3. The molecular weight excluding hydrogens is 198 g/mol. The third kappa shape index (κ3) is 2.58. The molecule has 0 amide bonds.